The first kappa shape index (κ1) is 14.4. The lowest BCUT2D eigenvalue weighted by molar-refractivity contribution is -0.140. The molecule has 0 radical (unpaired) electrons. The van der Waals surface area contributed by atoms with Crippen LogP contribution in [0.1, 0.15) is 41.5 Å². The van der Waals surface area contributed by atoms with E-state index in [0.29, 0.717) is 5.92 Å². The maximum Gasteiger partial charge on any atom is 0.320 e. The number of nitrogens with one attached hydrogen (secondary N) is 1. The summed E-state index contributed by atoms with van der Waals surface area (Å²) in [5.41, 5.74) is 0.128. The Kier molecular flexibility index (Phi) is 5.29. The van der Waals surface area contributed by atoms with Crippen molar-refractivity contribution in [2.45, 2.75) is 47.6 Å². The van der Waals surface area contributed by atoms with Crippen LogP contribution in [0.3, 0.4) is 0 Å². The number of hydrogen-bond acceptors (Lipinski definition) is 2. The van der Waals surface area contributed by atoms with Crippen molar-refractivity contribution in [2.75, 3.05) is 6.54 Å². The van der Waals surface area contributed by atoms with Crippen molar-refractivity contribution >= 4 is 5.97 Å². The topological polar surface area (TPSA) is 49.3 Å². The zero-order valence-corrected chi connectivity index (χ0v) is 10.8. The lowest BCUT2D eigenvalue weighted by Gasteiger charge is -2.31. The zero-order valence-electron chi connectivity index (χ0n) is 10.8. The van der Waals surface area contributed by atoms with E-state index in [-0.39, 0.29) is 11.3 Å². The van der Waals surface area contributed by atoms with Crippen molar-refractivity contribution in [3.8, 4) is 0 Å². The van der Waals surface area contributed by atoms with Crippen LogP contribution < -0.4 is 5.32 Å². The van der Waals surface area contributed by atoms with E-state index in [1.165, 1.54) is 0 Å². The minimum absolute atomic E-state index is 0.116. The number of carboxylic acid groups (broad SMARTS) is 1. The molecule has 0 spiro atoms. The highest BCUT2D eigenvalue weighted by Crippen LogP contribution is 2.25. The largest absolute Gasteiger partial charge is 0.480 e. The van der Waals surface area contributed by atoms with E-state index in [1.807, 2.05) is 13.8 Å². The summed E-state index contributed by atoms with van der Waals surface area (Å²) in [4.78, 5) is 11.0. The lowest BCUT2D eigenvalue weighted by atomic mass is 9.81. The fraction of sp³-hybridized carbons (Fsp3) is 0.917. The van der Waals surface area contributed by atoms with Gasteiger partial charge in [0, 0.05) is 6.54 Å². The highest BCUT2D eigenvalue weighted by molar-refractivity contribution is 5.73. The first-order valence-electron chi connectivity index (χ1n) is 5.64. The van der Waals surface area contributed by atoms with Crippen LogP contribution in [0.2, 0.25) is 0 Å². The second kappa shape index (κ2) is 5.50. The van der Waals surface area contributed by atoms with Gasteiger partial charge < -0.3 is 10.4 Å². The third-order valence-corrected chi connectivity index (χ3v) is 3.27. The molecule has 0 unspecified atom stereocenters. The van der Waals surface area contributed by atoms with Crippen molar-refractivity contribution in [1.82, 2.24) is 5.32 Å². The van der Waals surface area contributed by atoms with Crippen molar-refractivity contribution < 1.29 is 9.90 Å². The molecule has 0 saturated carbocycles. The van der Waals surface area contributed by atoms with Crippen molar-refractivity contribution in [1.29, 1.82) is 0 Å². The first-order chi connectivity index (χ1) is 6.68. The average molecular weight is 215 g/mol. The monoisotopic (exact) mass is 215 g/mol. The van der Waals surface area contributed by atoms with E-state index in [2.05, 4.69) is 33.0 Å². The standard InChI is InChI=1S/C12H25NO2/c1-8(2)10(11(14)15)13-7-12(5,6)9(3)4/h8-10,13H,7H2,1-6H3,(H,14,15)/t10-/m0/s1. The van der Waals surface area contributed by atoms with Gasteiger partial charge in [-0.15, -0.1) is 0 Å². The molecular formula is C12H25NO2. The highest BCUT2D eigenvalue weighted by Gasteiger charge is 2.27. The molecule has 0 aliphatic carbocycles. The zero-order chi connectivity index (χ0) is 12.2. The van der Waals surface area contributed by atoms with Gasteiger partial charge in [-0.2, -0.15) is 0 Å². The van der Waals surface area contributed by atoms with Crippen LogP contribution in [0.5, 0.6) is 0 Å². The molecular weight excluding hydrogens is 190 g/mol. The average Bonchev–Trinajstić information content (AvgIpc) is 2.02. The maximum atomic E-state index is 11.0. The van der Waals surface area contributed by atoms with Crippen LogP contribution in [-0.2, 0) is 4.79 Å². The van der Waals surface area contributed by atoms with Gasteiger partial charge >= 0.3 is 5.97 Å². The Balaban J connectivity index is 4.28. The number of rotatable bonds is 6. The number of hydrogen-bond donors (Lipinski definition) is 2. The summed E-state index contributed by atoms with van der Waals surface area (Å²) < 4.78 is 0. The molecule has 0 aromatic heterocycles. The summed E-state index contributed by atoms with van der Waals surface area (Å²) in [7, 11) is 0. The molecule has 0 heterocycles. The van der Waals surface area contributed by atoms with Gasteiger partial charge in [0.15, 0.2) is 0 Å². The Morgan fingerprint density at radius 2 is 1.73 bits per heavy atom. The van der Waals surface area contributed by atoms with E-state index < -0.39 is 12.0 Å². The Morgan fingerprint density at radius 1 is 1.27 bits per heavy atom. The molecule has 0 amide bonds. The van der Waals surface area contributed by atoms with E-state index in [4.69, 9.17) is 5.11 Å². The smallest absolute Gasteiger partial charge is 0.320 e. The van der Waals surface area contributed by atoms with Gasteiger partial charge in [-0.25, -0.2) is 0 Å². The molecule has 0 fully saturated rings. The fourth-order valence-electron chi connectivity index (χ4n) is 1.19. The summed E-state index contributed by atoms with van der Waals surface area (Å²) in [6, 6.07) is -0.442. The molecule has 0 bridgehead atoms. The molecule has 0 aliphatic rings. The third kappa shape index (κ3) is 4.65. The van der Waals surface area contributed by atoms with Crippen molar-refractivity contribution in [2.24, 2.45) is 17.3 Å². The summed E-state index contributed by atoms with van der Waals surface area (Å²) in [5.74, 6) is -0.110. The molecule has 3 heteroatoms. The number of aliphatic carboxylic acids is 1. The van der Waals surface area contributed by atoms with Crippen LogP contribution in [-0.4, -0.2) is 23.7 Å². The summed E-state index contributed by atoms with van der Waals surface area (Å²) >= 11 is 0. The molecule has 0 aliphatic heterocycles. The second-order valence-corrected chi connectivity index (χ2v) is 5.58. The van der Waals surface area contributed by atoms with Crippen LogP contribution in [0.25, 0.3) is 0 Å². The molecule has 90 valence electrons. The van der Waals surface area contributed by atoms with Crippen LogP contribution >= 0.6 is 0 Å². The van der Waals surface area contributed by atoms with Crippen molar-refractivity contribution in [3.05, 3.63) is 0 Å². The van der Waals surface area contributed by atoms with Gasteiger partial charge in [-0.05, 0) is 17.3 Å². The fourth-order valence-corrected chi connectivity index (χ4v) is 1.19. The molecule has 1 atom stereocenters. The molecule has 0 rings (SSSR count). The molecule has 0 saturated heterocycles. The highest BCUT2D eigenvalue weighted by atomic mass is 16.4. The van der Waals surface area contributed by atoms with Gasteiger partial charge in [0.25, 0.3) is 0 Å². The Hall–Kier alpha value is -0.570. The van der Waals surface area contributed by atoms with Gasteiger partial charge in [-0.3, -0.25) is 4.79 Å². The number of carboxylic acids is 1. The lowest BCUT2D eigenvalue weighted by Crippen LogP contribution is -2.46. The van der Waals surface area contributed by atoms with Gasteiger partial charge in [-0.1, -0.05) is 41.5 Å². The summed E-state index contributed by atoms with van der Waals surface area (Å²) in [5, 5.41) is 12.2. The quantitative estimate of drug-likeness (QED) is 0.715. The normalized spacial score (nSPS) is 14.7. The minimum Gasteiger partial charge on any atom is -0.480 e. The van der Waals surface area contributed by atoms with Gasteiger partial charge in [0.05, 0.1) is 0 Å². The van der Waals surface area contributed by atoms with E-state index in [9.17, 15) is 4.79 Å². The summed E-state index contributed by atoms with van der Waals surface area (Å²) in [6.45, 7) is 13.2. The Labute approximate surface area is 93.3 Å². The number of carbonyl (C=O) groups is 1. The minimum atomic E-state index is -0.760. The first-order valence-corrected chi connectivity index (χ1v) is 5.64. The Bertz CT molecular complexity index is 210. The van der Waals surface area contributed by atoms with Crippen molar-refractivity contribution in [3.63, 3.8) is 0 Å². The van der Waals surface area contributed by atoms with E-state index >= 15 is 0 Å². The van der Waals surface area contributed by atoms with Gasteiger partial charge in [0.2, 0.25) is 0 Å². The molecule has 2 N–H and O–H groups in total. The van der Waals surface area contributed by atoms with E-state index in [1.54, 1.807) is 0 Å². The predicted octanol–water partition coefficient (Wildman–Crippen LogP) is 2.37. The molecule has 0 aromatic rings. The van der Waals surface area contributed by atoms with Crippen LogP contribution in [0.4, 0.5) is 0 Å². The molecule has 15 heavy (non-hydrogen) atoms. The Morgan fingerprint density at radius 3 is 2.00 bits per heavy atom. The van der Waals surface area contributed by atoms with Crippen LogP contribution in [0, 0.1) is 17.3 Å². The van der Waals surface area contributed by atoms with Crippen LogP contribution in [0.15, 0.2) is 0 Å². The maximum absolute atomic E-state index is 11.0. The predicted molar refractivity (Wildman–Crippen MR) is 62.9 cm³/mol. The second-order valence-electron chi connectivity index (χ2n) is 5.58. The molecule has 3 nitrogen and oxygen atoms in total. The van der Waals surface area contributed by atoms with Gasteiger partial charge in [0.1, 0.15) is 6.04 Å². The van der Waals surface area contributed by atoms with E-state index in [0.717, 1.165) is 6.54 Å². The summed E-state index contributed by atoms with van der Waals surface area (Å²) in [6.07, 6.45) is 0. The third-order valence-electron chi connectivity index (χ3n) is 3.27. The molecule has 0 aromatic carbocycles. The SMILES string of the molecule is CC(C)[C@H](NCC(C)(C)C(C)C)C(=O)O.